The molecule has 1 aromatic carbocycles. The zero-order valence-corrected chi connectivity index (χ0v) is 6.68. The van der Waals surface area contributed by atoms with Crippen LogP contribution in [-0.4, -0.2) is 7.85 Å². The van der Waals surface area contributed by atoms with Gasteiger partial charge in [-0.25, -0.2) is 13.2 Å². The first-order valence-corrected chi connectivity index (χ1v) is 3.61. The number of benzene rings is 1. The van der Waals surface area contributed by atoms with Gasteiger partial charge in [0.15, 0.2) is 0 Å². The minimum Gasteiger partial charge on any atom is -0.332 e. The highest BCUT2D eigenvalue weighted by Gasteiger charge is 2.16. The molecule has 1 rings (SSSR count). The van der Waals surface area contributed by atoms with Gasteiger partial charge in [-0.3, -0.25) is 0 Å². The summed E-state index contributed by atoms with van der Waals surface area (Å²) in [5.74, 6) is -2.09. The third-order valence-electron chi connectivity index (χ3n) is 1.65. The van der Waals surface area contributed by atoms with Gasteiger partial charge in [-0.05, 0) is 11.5 Å². The van der Waals surface area contributed by atoms with Crippen molar-refractivity contribution in [1.82, 2.24) is 0 Å². The molecule has 0 bridgehead atoms. The monoisotopic (exact) mass is 185 g/mol. The number of hydrogen-bond acceptors (Lipinski definition) is 1. The van der Waals surface area contributed by atoms with Crippen molar-refractivity contribution in [3.63, 3.8) is 0 Å². The number of hydrogen-bond donors (Lipinski definition) is 1. The second kappa shape index (κ2) is 3.83. The Morgan fingerprint density at radius 2 is 1.77 bits per heavy atom. The molecule has 0 aromatic heterocycles. The molecule has 5 heteroatoms. The summed E-state index contributed by atoms with van der Waals surface area (Å²) in [5, 5.41) is 0. The maximum Gasteiger partial charge on any atom is 0.266 e. The van der Waals surface area contributed by atoms with E-state index < -0.39 is 23.7 Å². The molecule has 0 spiro atoms. The van der Waals surface area contributed by atoms with Crippen molar-refractivity contribution in [2.24, 2.45) is 5.73 Å². The van der Waals surface area contributed by atoms with Crippen molar-refractivity contribution in [1.29, 1.82) is 0 Å². The zero-order valence-electron chi connectivity index (χ0n) is 6.68. The number of alkyl halides is 2. The highest BCUT2D eigenvalue weighted by atomic mass is 19.3. The third kappa shape index (κ3) is 2.04. The van der Waals surface area contributed by atoms with E-state index in [9.17, 15) is 13.2 Å². The van der Waals surface area contributed by atoms with E-state index in [1.165, 1.54) is 12.1 Å². The highest BCUT2D eigenvalue weighted by molar-refractivity contribution is 6.11. The molecule has 0 saturated carbocycles. The fourth-order valence-electron chi connectivity index (χ4n) is 0.994. The standard InChI is InChI=1S/C8H7BF3N/c9-7(13)4-2-1-3-5(6(4)10)8(11)12/h1-3,7-8H,13H2/t7-/m0/s1. The van der Waals surface area contributed by atoms with Gasteiger partial charge in [-0.15, -0.1) is 0 Å². The van der Waals surface area contributed by atoms with Crippen LogP contribution < -0.4 is 5.73 Å². The normalized spacial score (nSPS) is 13.3. The van der Waals surface area contributed by atoms with E-state index in [4.69, 9.17) is 13.6 Å². The van der Waals surface area contributed by atoms with Crippen LogP contribution >= 0.6 is 0 Å². The minimum atomic E-state index is -2.85. The van der Waals surface area contributed by atoms with E-state index in [-0.39, 0.29) is 5.56 Å². The summed E-state index contributed by atoms with van der Waals surface area (Å²) in [7, 11) is 5.18. The Hall–Kier alpha value is -0.965. The Balaban J connectivity index is 3.18. The van der Waals surface area contributed by atoms with Crippen LogP contribution in [-0.2, 0) is 0 Å². The lowest BCUT2D eigenvalue weighted by Crippen LogP contribution is -2.12. The maximum atomic E-state index is 13.1. The molecule has 0 aliphatic heterocycles. The summed E-state index contributed by atoms with van der Waals surface area (Å²) in [4.78, 5) is 0. The average Bonchev–Trinajstić information content (AvgIpc) is 2.03. The lowest BCUT2D eigenvalue weighted by Gasteiger charge is -2.10. The van der Waals surface area contributed by atoms with Crippen LogP contribution in [0.2, 0.25) is 0 Å². The summed E-state index contributed by atoms with van der Waals surface area (Å²) in [6.45, 7) is 0. The van der Waals surface area contributed by atoms with Gasteiger partial charge >= 0.3 is 0 Å². The van der Waals surface area contributed by atoms with Crippen LogP contribution in [0.25, 0.3) is 0 Å². The molecule has 13 heavy (non-hydrogen) atoms. The van der Waals surface area contributed by atoms with Gasteiger partial charge < -0.3 is 5.73 Å². The van der Waals surface area contributed by atoms with Crippen molar-refractivity contribution >= 4 is 7.85 Å². The molecule has 0 amide bonds. The molecule has 0 heterocycles. The molecule has 0 saturated heterocycles. The largest absolute Gasteiger partial charge is 0.332 e. The second-order valence-electron chi connectivity index (χ2n) is 2.58. The molecule has 0 fully saturated rings. The molecule has 1 atom stereocenters. The first-order chi connectivity index (χ1) is 6.04. The zero-order chi connectivity index (χ0) is 10.0. The Morgan fingerprint density at radius 1 is 1.23 bits per heavy atom. The van der Waals surface area contributed by atoms with Gasteiger partial charge in [-0.2, -0.15) is 0 Å². The molecular weight excluding hydrogens is 178 g/mol. The van der Waals surface area contributed by atoms with E-state index in [1.54, 1.807) is 0 Å². The number of rotatable bonds is 2. The maximum absolute atomic E-state index is 13.1. The molecule has 68 valence electrons. The Bertz CT molecular complexity index is 275. The molecule has 2 radical (unpaired) electrons. The van der Waals surface area contributed by atoms with Crippen LogP contribution in [0.15, 0.2) is 18.2 Å². The van der Waals surface area contributed by atoms with Crippen LogP contribution in [0.1, 0.15) is 23.5 Å². The van der Waals surface area contributed by atoms with Crippen molar-refractivity contribution in [3.05, 3.63) is 35.1 Å². The SMILES string of the molecule is [B][C@@H](N)c1cccc(C(F)F)c1F. The van der Waals surface area contributed by atoms with Gasteiger partial charge in [0.1, 0.15) is 5.82 Å². The molecule has 0 unspecified atom stereocenters. The molecule has 1 nitrogen and oxygen atoms in total. The highest BCUT2D eigenvalue weighted by Crippen LogP contribution is 2.25. The first kappa shape index (κ1) is 10.1. The van der Waals surface area contributed by atoms with Crippen molar-refractivity contribution in [2.75, 3.05) is 0 Å². The molecule has 0 aliphatic rings. The first-order valence-electron chi connectivity index (χ1n) is 3.61. The van der Waals surface area contributed by atoms with E-state index in [1.807, 2.05) is 0 Å². The summed E-state index contributed by atoms with van der Waals surface area (Å²) >= 11 is 0. The van der Waals surface area contributed by atoms with Gasteiger partial charge in [0, 0.05) is 0 Å². The van der Waals surface area contributed by atoms with Crippen molar-refractivity contribution in [3.8, 4) is 0 Å². The second-order valence-corrected chi connectivity index (χ2v) is 2.58. The van der Waals surface area contributed by atoms with Crippen LogP contribution in [0.3, 0.4) is 0 Å². The topological polar surface area (TPSA) is 26.0 Å². The van der Waals surface area contributed by atoms with E-state index in [0.717, 1.165) is 6.07 Å². The van der Waals surface area contributed by atoms with Gasteiger partial charge in [-0.1, -0.05) is 18.2 Å². The molecular formula is C8H7BF3N. The summed E-state index contributed by atoms with van der Waals surface area (Å²) < 4.78 is 37.4. The van der Waals surface area contributed by atoms with Crippen molar-refractivity contribution in [2.45, 2.75) is 12.4 Å². The lowest BCUT2D eigenvalue weighted by molar-refractivity contribution is 0.146. The van der Waals surface area contributed by atoms with E-state index in [2.05, 4.69) is 0 Å². The molecule has 2 N–H and O–H groups in total. The Morgan fingerprint density at radius 3 is 2.23 bits per heavy atom. The van der Waals surface area contributed by atoms with Crippen molar-refractivity contribution < 1.29 is 13.2 Å². The van der Waals surface area contributed by atoms with Crippen LogP contribution in [0, 0.1) is 5.82 Å². The molecule has 0 aliphatic carbocycles. The number of halogens is 3. The lowest BCUT2D eigenvalue weighted by atomic mass is 9.89. The molecule has 1 aromatic rings. The smallest absolute Gasteiger partial charge is 0.266 e. The van der Waals surface area contributed by atoms with Gasteiger partial charge in [0.2, 0.25) is 0 Å². The summed E-state index contributed by atoms with van der Waals surface area (Å²) in [5.41, 5.74) is 4.41. The quantitative estimate of drug-likeness (QED) is 0.699. The average molecular weight is 185 g/mol. The number of nitrogens with two attached hydrogens (primary N) is 1. The summed E-state index contributed by atoms with van der Waals surface area (Å²) in [6.07, 6.45) is -2.85. The summed E-state index contributed by atoms with van der Waals surface area (Å²) in [6, 6.07) is 3.59. The third-order valence-corrected chi connectivity index (χ3v) is 1.65. The van der Waals surface area contributed by atoms with Gasteiger partial charge in [0.05, 0.1) is 13.4 Å². The Kier molecular flexibility index (Phi) is 2.98. The van der Waals surface area contributed by atoms with E-state index in [0.29, 0.717) is 0 Å². The Labute approximate surface area is 75.1 Å². The fourth-order valence-corrected chi connectivity index (χ4v) is 0.994. The fraction of sp³-hybridized carbons (Fsp3) is 0.250. The van der Waals surface area contributed by atoms with Crippen LogP contribution in [0.5, 0.6) is 0 Å². The predicted octanol–water partition coefficient (Wildman–Crippen LogP) is 1.89. The van der Waals surface area contributed by atoms with E-state index >= 15 is 0 Å². The van der Waals surface area contributed by atoms with Crippen LogP contribution in [0.4, 0.5) is 13.2 Å². The predicted molar refractivity (Wildman–Crippen MR) is 44.0 cm³/mol. The minimum absolute atomic E-state index is 0.0993. The van der Waals surface area contributed by atoms with Gasteiger partial charge in [0.25, 0.3) is 6.43 Å².